The molecule has 3 nitrogen and oxygen atoms in total. The first-order valence-electron chi connectivity index (χ1n) is 5.95. The molecule has 0 spiro atoms. The highest BCUT2D eigenvalue weighted by Gasteiger charge is 2.15. The quantitative estimate of drug-likeness (QED) is 0.488. The lowest BCUT2D eigenvalue weighted by Gasteiger charge is -2.34. The molecule has 90 valence electrons. The monoisotopic (exact) mass is 234 g/mol. The third kappa shape index (κ3) is 5.71. The van der Waals surface area contributed by atoms with Gasteiger partial charge in [-0.15, -0.1) is 11.6 Å². The third-order valence-electron chi connectivity index (χ3n) is 2.83. The molecule has 0 bridgehead atoms. The number of rotatable bonds is 7. The Kier molecular flexibility index (Phi) is 7.36. The normalized spacial score (nSPS) is 19.6. The fourth-order valence-corrected chi connectivity index (χ4v) is 1.98. The molecule has 15 heavy (non-hydrogen) atoms. The van der Waals surface area contributed by atoms with E-state index >= 15 is 0 Å². The Bertz CT molecular complexity index is 150. The van der Waals surface area contributed by atoms with Gasteiger partial charge in [0.2, 0.25) is 0 Å². The smallest absolute Gasteiger partial charge is 0.0593 e. The van der Waals surface area contributed by atoms with Crippen molar-refractivity contribution in [2.45, 2.75) is 13.3 Å². The summed E-state index contributed by atoms with van der Waals surface area (Å²) in [5.41, 5.74) is 0. The largest absolute Gasteiger partial charge is 0.380 e. The van der Waals surface area contributed by atoms with Crippen LogP contribution in [0.25, 0.3) is 0 Å². The zero-order valence-electron chi connectivity index (χ0n) is 9.75. The van der Waals surface area contributed by atoms with Gasteiger partial charge in [-0.25, -0.2) is 0 Å². The molecule has 1 fully saturated rings. The molecule has 0 N–H and O–H groups in total. The first kappa shape index (κ1) is 13.2. The number of hydrogen-bond donors (Lipinski definition) is 0. The van der Waals surface area contributed by atoms with Crippen molar-refractivity contribution >= 4 is 11.6 Å². The molecule has 0 aromatic rings. The third-order valence-corrected chi connectivity index (χ3v) is 3.10. The van der Waals surface area contributed by atoms with Crippen LogP contribution in [0.5, 0.6) is 0 Å². The fourth-order valence-electron chi connectivity index (χ4n) is 1.86. The number of hydrogen-bond acceptors (Lipinski definition) is 3. The Labute approximate surface area is 98.3 Å². The minimum absolute atomic E-state index is 0.782. The minimum Gasteiger partial charge on any atom is -0.380 e. The van der Waals surface area contributed by atoms with E-state index in [1.807, 2.05) is 6.92 Å². The molecule has 0 amide bonds. The number of nitrogens with zero attached hydrogens (tertiary/aromatic N) is 2. The molecule has 0 atom stereocenters. The van der Waals surface area contributed by atoms with Gasteiger partial charge in [0.25, 0.3) is 0 Å². The highest BCUT2D eigenvalue weighted by Crippen LogP contribution is 2.02. The van der Waals surface area contributed by atoms with Crippen molar-refractivity contribution in [2.24, 2.45) is 0 Å². The van der Waals surface area contributed by atoms with E-state index in [9.17, 15) is 0 Å². The lowest BCUT2D eigenvalue weighted by molar-refractivity contribution is 0.0810. The van der Waals surface area contributed by atoms with Crippen molar-refractivity contribution in [2.75, 3.05) is 58.4 Å². The van der Waals surface area contributed by atoms with E-state index in [1.165, 1.54) is 26.2 Å². The Morgan fingerprint density at radius 3 is 2.20 bits per heavy atom. The first-order chi connectivity index (χ1) is 7.36. The molecule has 0 radical (unpaired) electrons. The van der Waals surface area contributed by atoms with Crippen molar-refractivity contribution in [3.05, 3.63) is 0 Å². The van der Waals surface area contributed by atoms with Crippen LogP contribution in [-0.2, 0) is 4.74 Å². The van der Waals surface area contributed by atoms with Crippen molar-refractivity contribution in [1.29, 1.82) is 0 Å². The van der Waals surface area contributed by atoms with Gasteiger partial charge in [-0.1, -0.05) is 0 Å². The Morgan fingerprint density at radius 2 is 1.67 bits per heavy atom. The van der Waals surface area contributed by atoms with E-state index in [1.54, 1.807) is 0 Å². The van der Waals surface area contributed by atoms with Crippen molar-refractivity contribution in [1.82, 2.24) is 9.80 Å². The molecule has 1 aliphatic rings. The average Bonchev–Trinajstić information content (AvgIpc) is 2.28. The summed E-state index contributed by atoms with van der Waals surface area (Å²) in [4.78, 5) is 4.98. The van der Waals surface area contributed by atoms with Crippen LogP contribution in [0.15, 0.2) is 0 Å². The summed E-state index contributed by atoms with van der Waals surface area (Å²) < 4.78 is 5.36. The molecule has 1 saturated heterocycles. The van der Waals surface area contributed by atoms with E-state index in [0.717, 1.165) is 38.6 Å². The second kappa shape index (κ2) is 8.34. The summed E-state index contributed by atoms with van der Waals surface area (Å²) in [6.45, 7) is 10.7. The molecule has 1 heterocycles. The van der Waals surface area contributed by atoms with E-state index in [4.69, 9.17) is 16.3 Å². The summed E-state index contributed by atoms with van der Waals surface area (Å²) in [6.07, 6.45) is 1.11. The maximum Gasteiger partial charge on any atom is 0.0593 e. The zero-order valence-corrected chi connectivity index (χ0v) is 10.5. The van der Waals surface area contributed by atoms with Crippen LogP contribution in [-0.4, -0.2) is 68.2 Å². The van der Waals surface area contributed by atoms with Gasteiger partial charge in [0.15, 0.2) is 0 Å². The maximum atomic E-state index is 5.68. The van der Waals surface area contributed by atoms with E-state index in [2.05, 4.69) is 9.80 Å². The number of halogens is 1. The van der Waals surface area contributed by atoms with Gasteiger partial charge in [0.05, 0.1) is 6.61 Å². The standard InChI is InChI=1S/C11H23ClN2O/c1-2-15-11-10-14-8-6-13(7-9-14)5-3-4-12/h2-11H2,1H3. The Balaban J connectivity index is 2.02. The van der Waals surface area contributed by atoms with Gasteiger partial charge < -0.3 is 9.64 Å². The summed E-state index contributed by atoms with van der Waals surface area (Å²) in [6, 6.07) is 0. The maximum absolute atomic E-state index is 5.68. The van der Waals surface area contributed by atoms with E-state index < -0.39 is 0 Å². The van der Waals surface area contributed by atoms with Crippen molar-refractivity contribution in [3.8, 4) is 0 Å². The molecule has 0 saturated carbocycles. The SMILES string of the molecule is CCOCCN1CCN(CCCCl)CC1. The van der Waals surface area contributed by atoms with Crippen LogP contribution in [0.3, 0.4) is 0 Å². The van der Waals surface area contributed by atoms with Gasteiger partial charge >= 0.3 is 0 Å². The van der Waals surface area contributed by atoms with Crippen LogP contribution < -0.4 is 0 Å². The van der Waals surface area contributed by atoms with Crippen molar-refractivity contribution in [3.63, 3.8) is 0 Å². The second-order valence-corrected chi connectivity index (χ2v) is 4.30. The topological polar surface area (TPSA) is 15.7 Å². The Hall–Kier alpha value is 0.170. The second-order valence-electron chi connectivity index (χ2n) is 3.92. The molecular weight excluding hydrogens is 212 g/mol. The summed E-state index contributed by atoms with van der Waals surface area (Å²) >= 11 is 5.68. The zero-order chi connectivity index (χ0) is 10.9. The molecule has 0 aromatic carbocycles. The predicted molar refractivity (Wildman–Crippen MR) is 64.7 cm³/mol. The molecule has 1 rings (SSSR count). The van der Waals surface area contributed by atoms with Crippen LogP contribution in [0, 0.1) is 0 Å². The van der Waals surface area contributed by atoms with Gasteiger partial charge in [-0.2, -0.15) is 0 Å². The molecule has 0 aliphatic carbocycles. The minimum atomic E-state index is 0.782. The molecule has 1 aliphatic heterocycles. The number of alkyl halides is 1. The van der Waals surface area contributed by atoms with Crippen molar-refractivity contribution < 1.29 is 4.74 Å². The summed E-state index contributed by atoms with van der Waals surface area (Å²) in [7, 11) is 0. The van der Waals surface area contributed by atoms with Gasteiger partial charge in [0.1, 0.15) is 0 Å². The number of ether oxygens (including phenoxy) is 1. The summed E-state index contributed by atoms with van der Waals surface area (Å²) in [5.74, 6) is 0.782. The van der Waals surface area contributed by atoms with Crippen LogP contribution in [0.1, 0.15) is 13.3 Å². The van der Waals surface area contributed by atoms with Crippen LogP contribution in [0.4, 0.5) is 0 Å². The lowest BCUT2D eigenvalue weighted by Crippen LogP contribution is -2.47. The molecule has 0 aromatic heterocycles. The average molecular weight is 235 g/mol. The van der Waals surface area contributed by atoms with Crippen LogP contribution in [0.2, 0.25) is 0 Å². The fraction of sp³-hybridized carbons (Fsp3) is 1.00. The number of piperazine rings is 1. The summed E-state index contributed by atoms with van der Waals surface area (Å²) in [5, 5.41) is 0. The van der Waals surface area contributed by atoms with E-state index in [-0.39, 0.29) is 0 Å². The van der Waals surface area contributed by atoms with Gasteiger partial charge in [0, 0.05) is 45.2 Å². The highest BCUT2D eigenvalue weighted by atomic mass is 35.5. The van der Waals surface area contributed by atoms with Gasteiger partial charge in [-0.3, -0.25) is 4.90 Å². The van der Waals surface area contributed by atoms with Crippen LogP contribution >= 0.6 is 11.6 Å². The molecular formula is C11H23ClN2O. The Morgan fingerprint density at radius 1 is 1.07 bits per heavy atom. The lowest BCUT2D eigenvalue weighted by atomic mass is 10.3. The van der Waals surface area contributed by atoms with Gasteiger partial charge in [-0.05, 0) is 19.9 Å². The van der Waals surface area contributed by atoms with E-state index in [0.29, 0.717) is 0 Å². The first-order valence-corrected chi connectivity index (χ1v) is 6.48. The molecule has 4 heteroatoms. The highest BCUT2D eigenvalue weighted by molar-refractivity contribution is 6.17. The predicted octanol–water partition coefficient (Wildman–Crippen LogP) is 1.27. The molecule has 0 unspecified atom stereocenters.